The molecule has 7 aromatic carbocycles. The molecule has 1 aromatic heterocycles. The lowest BCUT2D eigenvalue weighted by molar-refractivity contribution is -0.774. The summed E-state index contributed by atoms with van der Waals surface area (Å²) in [5, 5.41) is 0. The summed E-state index contributed by atoms with van der Waals surface area (Å²) < 4.78 is 39.0. The van der Waals surface area contributed by atoms with Crippen LogP contribution < -0.4 is 19.1 Å². The molecule has 0 fully saturated rings. The van der Waals surface area contributed by atoms with Crippen molar-refractivity contribution in [2.75, 3.05) is 9.80 Å². The molecule has 8 aromatic rings. The molecule has 4 aliphatic rings. The van der Waals surface area contributed by atoms with Crippen molar-refractivity contribution in [3.8, 4) is 61.5 Å². The van der Waals surface area contributed by atoms with Crippen molar-refractivity contribution in [1.82, 2.24) is 0 Å². The van der Waals surface area contributed by atoms with Crippen molar-refractivity contribution < 1.29 is 13.4 Å². The monoisotopic (exact) mass is 976 g/mol. The Hall–Kier alpha value is -6.91. The van der Waals surface area contributed by atoms with Crippen LogP contribution in [0, 0.1) is 6.85 Å². The Kier molecular flexibility index (Phi) is 9.52. The molecular formula is C70H74N3O+. The van der Waals surface area contributed by atoms with E-state index in [0.29, 0.717) is 11.3 Å². The number of aryl methyl sites for hydroxylation is 1. The van der Waals surface area contributed by atoms with E-state index in [2.05, 4.69) is 264 Å². The molecule has 2 unspecified atom stereocenters. The molecule has 0 N–H and O–H groups in total. The van der Waals surface area contributed by atoms with Gasteiger partial charge in [0.05, 0.1) is 16.9 Å². The van der Waals surface area contributed by atoms with Gasteiger partial charge in [-0.3, -0.25) is 0 Å². The molecule has 4 aliphatic heterocycles. The Bertz CT molecular complexity index is 3710. The third kappa shape index (κ3) is 7.25. The maximum atomic E-state index is 9.48. The fourth-order valence-electron chi connectivity index (χ4n) is 12.1. The molecule has 0 saturated heterocycles. The Balaban J connectivity index is 1.16. The highest BCUT2D eigenvalue weighted by Gasteiger charge is 2.70. The Morgan fingerprint density at radius 1 is 0.473 bits per heavy atom. The van der Waals surface area contributed by atoms with Crippen molar-refractivity contribution in [1.29, 1.82) is 0 Å². The Morgan fingerprint density at radius 2 is 1.04 bits per heavy atom. The van der Waals surface area contributed by atoms with Gasteiger partial charge in [0, 0.05) is 44.2 Å². The van der Waals surface area contributed by atoms with Crippen LogP contribution in [0.5, 0.6) is 5.75 Å². The van der Waals surface area contributed by atoms with Crippen molar-refractivity contribution >= 4 is 17.1 Å². The van der Waals surface area contributed by atoms with E-state index in [-0.39, 0.29) is 27.1 Å². The lowest BCUT2D eigenvalue weighted by atomic mass is 9.77. The first-order chi connectivity index (χ1) is 35.9. The maximum Gasteiger partial charge on any atom is 0.432 e. The molecule has 374 valence electrons. The summed E-state index contributed by atoms with van der Waals surface area (Å²) in [4.78, 5) is 4.88. The molecule has 0 aliphatic carbocycles. The number of hydrogen-bond acceptors (Lipinski definition) is 3. The minimum absolute atomic E-state index is 0.114. The van der Waals surface area contributed by atoms with Gasteiger partial charge in [0.2, 0.25) is 5.69 Å². The largest absolute Gasteiger partial charge is 0.432 e. The average Bonchev–Trinajstić information content (AvgIpc) is 3.87. The number of fused-ring (bicyclic) bond motifs is 5. The zero-order valence-corrected chi connectivity index (χ0v) is 46.3. The number of ether oxygens (including phenoxy) is 1. The predicted molar refractivity (Wildman–Crippen MR) is 310 cm³/mol. The molecule has 1 spiro atoms. The van der Waals surface area contributed by atoms with Crippen LogP contribution in [-0.4, -0.2) is 0 Å². The standard InChI is InChI=1S/C70H74N3O/c1-42-33-46(48-34-49(65(2,3)4)37-50(35-48)66(5,6)7)29-30-58(42)72-59-24-20-23-53-54-38-51(67(8,9)10)39-55-60-36-47(45-27-25-44(26-28-45)43-21-18-17-19-22-43)31-32-71(60)70(61(54)55)73(62(53)59)64(72)56-40-52(68(11,12)13)41-57(63(56)74-70)69(14,15)16/h17-41,64H,1-16H3/q+1/i1D3. The van der Waals surface area contributed by atoms with Gasteiger partial charge in [-0.1, -0.05) is 201 Å². The van der Waals surface area contributed by atoms with Crippen LogP contribution in [0.4, 0.5) is 17.1 Å². The number of nitrogens with zero attached hydrogens (tertiary/aromatic N) is 3. The summed E-state index contributed by atoms with van der Waals surface area (Å²) in [5.41, 5.74) is 21.1. The van der Waals surface area contributed by atoms with Crippen LogP contribution in [0.15, 0.2) is 152 Å². The topological polar surface area (TPSA) is 19.6 Å². The molecule has 74 heavy (non-hydrogen) atoms. The van der Waals surface area contributed by atoms with Gasteiger partial charge in [0.1, 0.15) is 17.5 Å². The summed E-state index contributed by atoms with van der Waals surface area (Å²) in [5.74, 6) is -0.367. The first-order valence-electron chi connectivity index (χ1n) is 28.3. The molecule has 12 rings (SSSR count). The molecule has 5 heterocycles. The summed E-state index contributed by atoms with van der Waals surface area (Å²) in [6, 6.07) is 53.3. The number of para-hydroxylation sites is 1. The van der Waals surface area contributed by atoms with Gasteiger partial charge in [-0.05, 0) is 132 Å². The lowest BCUT2D eigenvalue weighted by Gasteiger charge is -2.49. The number of benzene rings is 7. The van der Waals surface area contributed by atoms with Gasteiger partial charge in [-0.15, -0.1) is 4.57 Å². The zero-order valence-electron chi connectivity index (χ0n) is 49.3. The molecule has 0 saturated carbocycles. The van der Waals surface area contributed by atoms with Gasteiger partial charge in [-0.25, -0.2) is 4.90 Å². The van der Waals surface area contributed by atoms with Gasteiger partial charge in [-0.2, -0.15) is 0 Å². The Morgan fingerprint density at radius 3 is 1.66 bits per heavy atom. The number of aromatic nitrogens is 1. The minimum atomic E-state index is -2.47. The van der Waals surface area contributed by atoms with E-state index < -0.39 is 18.9 Å². The second kappa shape index (κ2) is 15.8. The van der Waals surface area contributed by atoms with Gasteiger partial charge in [0.15, 0.2) is 6.20 Å². The van der Waals surface area contributed by atoms with E-state index in [4.69, 9.17) is 4.74 Å². The highest BCUT2D eigenvalue weighted by atomic mass is 16.5. The van der Waals surface area contributed by atoms with Gasteiger partial charge in [0.25, 0.3) is 0 Å². The highest BCUT2D eigenvalue weighted by molar-refractivity contribution is 6.02. The molecule has 4 heteroatoms. The summed E-state index contributed by atoms with van der Waals surface area (Å²) in [6.45, 7) is 31.6. The smallest absolute Gasteiger partial charge is 0.410 e. The van der Waals surface area contributed by atoms with E-state index in [1.807, 2.05) is 6.07 Å². The van der Waals surface area contributed by atoms with Crippen LogP contribution in [0.2, 0.25) is 0 Å². The van der Waals surface area contributed by atoms with Crippen LogP contribution in [0.25, 0.3) is 55.8 Å². The van der Waals surface area contributed by atoms with Crippen LogP contribution >= 0.6 is 0 Å². The maximum absolute atomic E-state index is 9.48. The molecule has 2 atom stereocenters. The van der Waals surface area contributed by atoms with E-state index in [1.165, 1.54) is 33.4 Å². The van der Waals surface area contributed by atoms with Crippen molar-refractivity contribution in [3.63, 3.8) is 0 Å². The molecule has 0 bridgehead atoms. The Labute approximate surface area is 445 Å². The highest BCUT2D eigenvalue weighted by Crippen LogP contribution is 2.68. The first-order valence-corrected chi connectivity index (χ1v) is 26.8. The third-order valence-electron chi connectivity index (χ3n) is 16.4. The number of hydrogen-bond donors (Lipinski definition) is 0. The van der Waals surface area contributed by atoms with E-state index in [1.54, 1.807) is 0 Å². The first kappa shape index (κ1) is 44.6. The number of rotatable bonds is 4. The van der Waals surface area contributed by atoms with E-state index >= 15 is 0 Å². The fraction of sp³-hybridized carbons (Fsp3) is 0.329. The fourth-order valence-corrected chi connectivity index (χ4v) is 12.1. The molecular weight excluding hydrogens is 899 g/mol. The van der Waals surface area contributed by atoms with Crippen molar-refractivity contribution in [3.05, 3.63) is 196 Å². The molecule has 0 radical (unpaired) electrons. The van der Waals surface area contributed by atoms with Gasteiger partial charge >= 0.3 is 5.85 Å². The van der Waals surface area contributed by atoms with E-state index in [9.17, 15) is 4.11 Å². The van der Waals surface area contributed by atoms with Crippen LogP contribution in [0.3, 0.4) is 0 Å². The van der Waals surface area contributed by atoms with Gasteiger partial charge < -0.3 is 9.64 Å². The second-order valence-electron chi connectivity index (χ2n) is 26.8. The number of anilines is 3. The quantitative estimate of drug-likeness (QED) is 0.164. The average molecular weight is 976 g/mol. The summed E-state index contributed by atoms with van der Waals surface area (Å²) in [6.07, 6.45) is 1.73. The van der Waals surface area contributed by atoms with Crippen molar-refractivity contribution in [2.45, 2.75) is 150 Å². The normalized spacial score (nSPS) is 18.2. The minimum Gasteiger partial charge on any atom is -0.410 e. The lowest BCUT2D eigenvalue weighted by Crippen LogP contribution is -2.71. The predicted octanol–water partition coefficient (Wildman–Crippen LogP) is 18.1. The second-order valence-corrected chi connectivity index (χ2v) is 26.8. The van der Waals surface area contributed by atoms with Crippen molar-refractivity contribution in [2.24, 2.45) is 0 Å². The summed E-state index contributed by atoms with van der Waals surface area (Å²) >= 11 is 0. The van der Waals surface area contributed by atoms with Crippen LogP contribution in [-0.2, 0) is 32.9 Å². The zero-order chi connectivity index (χ0) is 54.9. The van der Waals surface area contributed by atoms with Crippen LogP contribution in [0.1, 0.15) is 159 Å². The number of pyridine rings is 1. The molecule has 0 amide bonds. The summed E-state index contributed by atoms with van der Waals surface area (Å²) in [7, 11) is 0. The third-order valence-corrected chi connectivity index (χ3v) is 16.4. The molecule has 4 nitrogen and oxygen atoms in total. The van der Waals surface area contributed by atoms with E-state index in [0.717, 1.165) is 78.5 Å². The SMILES string of the molecule is [2H]C([2H])([2H])c1cc(-c2cc(C(C)(C)C)cc(C(C)(C)C)c2)ccc1N1c2cccc3c2N2C1c1cc(C(C)(C)C)cc(C(C)(C)C)c1OC21c2c-3cc(C(C)(C)C)cc2-c2cc(-c3ccc(-c4ccccc4)cc3)cc[n+]21.